The average Bonchev–Trinajstić information content (AvgIpc) is 3.11. The van der Waals surface area contributed by atoms with Crippen molar-refractivity contribution in [3.05, 3.63) is 17.2 Å². The summed E-state index contributed by atoms with van der Waals surface area (Å²) in [7, 11) is 0. The molecule has 1 aliphatic carbocycles. The van der Waals surface area contributed by atoms with E-state index >= 15 is 0 Å². The maximum absolute atomic E-state index is 12.3. The zero-order chi connectivity index (χ0) is 19.2. The first-order valence-electron chi connectivity index (χ1n) is 8.15. The third-order valence-corrected chi connectivity index (χ3v) is 4.45. The van der Waals surface area contributed by atoms with Crippen molar-refractivity contribution in [2.24, 2.45) is 5.92 Å². The maximum atomic E-state index is 12.3. The van der Waals surface area contributed by atoms with Gasteiger partial charge in [-0.25, -0.2) is 0 Å². The number of aromatic nitrogens is 2. The Labute approximate surface area is 152 Å². The van der Waals surface area contributed by atoms with Crippen molar-refractivity contribution in [3.63, 3.8) is 0 Å². The molecule has 1 saturated heterocycles. The lowest BCUT2D eigenvalue weighted by molar-refractivity contribution is -0.138. The van der Waals surface area contributed by atoms with Crippen molar-refractivity contribution in [2.75, 3.05) is 18.4 Å². The largest absolute Gasteiger partial charge is 0.445 e. The lowest BCUT2D eigenvalue weighted by Crippen LogP contribution is -2.53. The van der Waals surface area contributed by atoms with E-state index in [0.29, 0.717) is 0 Å². The fourth-order valence-corrected chi connectivity index (χ4v) is 2.28. The lowest BCUT2D eigenvalue weighted by Gasteiger charge is -2.25. The zero-order valence-corrected chi connectivity index (χ0v) is 14.9. The first-order valence-corrected chi connectivity index (χ1v) is 8.96. The van der Waals surface area contributed by atoms with Gasteiger partial charge in [0.1, 0.15) is 0 Å². The Balaban J connectivity index is 0.000000534. The summed E-state index contributed by atoms with van der Waals surface area (Å²) in [6.07, 6.45) is 1.64. The molecule has 0 bridgehead atoms. The van der Waals surface area contributed by atoms with E-state index in [-0.39, 0.29) is 35.0 Å². The summed E-state index contributed by atoms with van der Waals surface area (Å²) < 4.78 is 36.9. The summed E-state index contributed by atoms with van der Waals surface area (Å²) in [6, 6.07) is -0.190. The number of alkyl halides is 3. The summed E-state index contributed by atoms with van der Waals surface area (Å²) in [5, 5.41) is 12.5. The van der Waals surface area contributed by atoms with E-state index < -0.39 is 17.1 Å². The summed E-state index contributed by atoms with van der Waals surface area (Å²) in [5.41, 5.74) is 0. The predicted molar refractivity (Wildman–Crippen MR) is 90.5 cm³/mol. The van der Waals surface area contributed by atoms with Crippen LogP contribution in [0.5, 0.6) is 0 Å². The topological polar surface area (TPSA) is 96.0 Å². The second-order valence-electron chi connectivity index (χ2n) is 6.02. The van der Waals surface area contributed by atoms with E-state index in [2.05, 4.69) is 33.1 Å². The zero-order valence-electron chi connectivity index (χ0n) is 14.1. The number of carbonyl (C=O) groups is 2. The Hall–Kier alpha value is -2.01. The molecule has 1 atom stereocenters. The van der Waals surface area contributed by atoms with E-state index in [1.54, 1.807) is 0 Å². The summed E-state index contributed by atoms with van der Waals surface area (Å²) >= 11 is 0.236. The third kappa shape index (κ3) is 7.08. The molecule has 2 heterocycles. The molecule has 3 N–H and O–H groups in total. The average molecular weight is 391 g/mol. The van der Waals surface area contributed by atoms with Gasteiger partial charge in [-0.1, -0.05) is 37.2 Å². The van der Waals surface area contributed by atoms with Crippen LogP contribution in [0.15, 0.2) is 12.2 Å². The van der Waals surface area contributed by atoms with Crippen molar-refractivity contribution in [2.45, 2.75) is 38.4 Å². The Morgan fingerprint density at radius 2 is 1.96 bits per heavy atom. The van der Waals surface area contributed by atoms with Gasteiger partial charge in [0.15, 0.2) is 0 Å². The smallest absolute Gasteiger partial charge is 0.351 e. The van der Waals surface area contributed by atoms with E-state index in [1.165, 1.54) is 18.9 Å². The molecule has 2 fully saturated rings. The highest BCUT2D eigenvalue weighted by Gasteiger charge is 2.35. The van der Waals surface area contributed by atoms with Crippen LogP contribution in [0.1, 0.15) is 31.2 Å². The molecule has 1 saturated carbocycles. The predicted octanol–water partition coefficient (Wildman–Crippen LogP) is 1.95. The normalized spacial score (nSPS) is 19.3. The summed E-state index contributed by atoms with van der Waals surface area (Å²) in [6.45, 7) is 3.23. The Kier molecular flexibility index (Phi) is 7.09. The number of anilines is 1. The maximum Gasteiger partial charge on any atom is 0.445 e. The standard InChI is InChI=1S/C11H12F3N5O2S.C4H8/c12-11(13,14)9-18-19-10(22-9)17-7(20)2-1-4-16-8(21)6-3-5-15-6;1-4-2-3-4/h1-2,6,15H,3-5H2,(H,16,21)(H,17,19,20);4H,2-3H2,1H3/b2-1+;/t6-;/m0./s1. The molecule has 7 nitrogen and oxygen atoms in total. The molecule has 0 unspecified atom stereocenters. The SMILES string of the molecule is CC1CC1.O=C(/C=C/CNC(=O)[C@@H]1CCN1)Nc1nnc(C(F)(F)F)s1. The number of nitrogens with zero attached hydrogens (tertiary/aromatic N) is 2. The van der Waals surface area contributed by atoms with Gasteiger partial charge in [-0.3, -0.25) is 14.9 Å². The van der Waals surface area contributed by atoms with Crippen LogP contribution in [0.2, 0.25) is 0 Å². The number of hydrogen-bond donors (Lipinski definition) is 3. The molecule has 1 aromatic rings. The molecule has 1 aliphatic heterocycles. The summed E-state index contributed by atoms with van der Waals surface area (Å²) in [5.74, 6) is 0.274. The molecule has 11 heteroatoms. The first-order chi connectivity index (χ1) is 12.3. The van der Waals surface area contributed by atoms with Gasteiger partial charge >= 0.3 is 6.18 Å². The van der Waals surface area contributed by atoms with Crippen LogP contribution in [0.4, 0.5) is 18.3 Å². The van der Waals surface area contributed by atoms with Crippen molar-refractivity contribution >= 4 is 28.3 Å². The number of hydrogen-bond acceptors (Lipinski definition) is 6. The fraction of sp³-hybridized carbons (Fsp3) is 0.600. The van der Waals surface area contributed by atoms with Crippen molar-refractivity contribution in [3.8, 4) is 0 Å². The quantitative estimate of drug-likeness (QED) is 0.667. The minimum Gasteiger partial charge on any atom is -0.351 e. The highest BCUT2D eigenvalue weighted by atomic mass is 32.1. The minimum absolute atomic E-state index is 0.147. The van der Waals surface area contributed by atoms with Gasteiger partial charge in [0, 0.05) is 12.6 Å². The van der Waals surface area contributed by atoms with Crippen LogP contribution in [0.25, 0.3) is 0 Å². The lowest BCUT2D eigenvalue weighted by atomic mass is 10.1. The van der Waals surface area contributed by atoms with Crippen LogP contribution < -0.4 is 16.0 Å². The first kappa shape index (κ1) is 20.3. The van der Waals surface area contributed by atoms with E-state index in [0.717, 1.165) is 25.0 Å². The monoisotopic (exact) mass is 391 g/mol. The molecule has 3 rings (SSSR count). The molecule has 0 spiro atoms. The van der Waals surface area contributed by atoms with Gasteiger partial charge in [-0.15, -0.1) is 10.2 Å². The number of amides is 2. The van der Waals surface area contributed by atoms with E-state index in [9.17, 15) is 22.8 Å². The van der Waals surface area contributed by atoms with Gasteiger partial charge < -0.3 is 10.6 Å². The Morgan fingerprint density at radius 1 is 1.31 bits per heavy atom. The van der Waals surface area contributed by atoms with Crippen LogP contribution in [0, 0.1) is 5.92 Å². The van der Waals surface area contributed by atoms with E-state index in [1.807, 2.05) is 0 Å². The molecule has 2 aliphatic rings. The summed E-state index contributed by atoms with van der Waals surface area (Å²) in [4.78, 5) is 22.9. The molecule has 0 aromatic carbocycles. The van der Waals surface area contributed by atoms with Gasteiger partial charge in [-0.05, 0) is 18.9 Å². The second-order valence-corrected chi connectivity index (χ2v) is 7.00. The van der Waals surface area contributed by atoms with Crippen LogP contribution in [-0.2, 0) is 15.8 Å². The molecule has 1 aromatic heterocycles. The van der Waals surface area contributed by atoms with Crippen molar-refractivity contribution < 1.29 is 22.8 Å². The number of halogens is 3. The Bertz CT molecular complexity index is 654. The molecule has 144 valence electrons. The highest BCUT2D eigenvalue weighted by molar-refractivity contribution is 7.15. The number of nitrogens with one attached hydrogen (secondary N) is 3. The highest BCUT2D eigenvalue weighted by Crippen LogP contribution is 2.32. The number of rotatable bonds is 5. The third-order valence-electron chi connectivity index (χ3n) is 3.57. The van der Waals surface area contributed by atoms with Crippen LogP contribution >= 0.6 is 11.3 Å². The fourth-order valence-electron chi connectivity index (χ4n) is 1.66. The van der Waals surface area contributed by atoms with Crippen LogP contribution in [-0.4, -0.2) is 41.1 Å². The molecule has 0 radical (unpaired) electrons. The molecule has 2 amide bonds. The van der Waals surface area contributed by atoms with E-state index in [4.69, 9.17) is 0 Å². The van der Waals surface area contributed by atoms with Gasteiger partial charge in [0.2, 0.25) is 22.0 Å². The van der Waals surface area contributed by atoms with Crippen molar-refractivity contribution in [1.82, 2.24) is 20.8 Å². The van der Waals surface area contributed by atoms with Gasteiger partial charge in [0.25, 0.3) is 0 Å². The van der Waals surface area contributed by atoms with Crippen LogP contribution in [0.3, 0.4) is 0 Å². The molecular weight excluding hydrogens is 371 g/mol. The number of carbonyl (C=O) groups excluding carboxylic acids is 2. The van der Waals surface area contributed by atoms with Crippen molar-refractivity contribution in [1.29, 1.82) is 0 Å². The van der Waals surface area contributed by atoms with Gasteiger partial charge in [-0.2, -0.15) is 13.2 Å². The molecular formula is C15H20F3N5O2S. The minimum atomic E-state index is -4.59. The second kappa shape index (κ2) is 9.08. The Morgan fingerprint density at radius 3 is 2.42 bits per heavy atom. The molecule has 26 heavy (non-hydrogen) atoms. The van der Waals surface area contributed by atoms with Gasteiger partial charge in [0.05, 0.1) is 6.04 Å².